The molecule has 110 valence electrons. The van der Waals surface area contributed by atoms with Crippen LogP contribution in [-0.4, -0.2) is 21.6 Å². The smallest absolute Gasteiger partial charge is 0.225 e. The first-order valence-electron chi connectivity index (χ1n) is 7.59. The Bertz CT molecular complexity index is 804. The molecule has 4 rings (SSSR count). The Hall–Kier alpha value is -2.62. The van der Waals surface area contributed by atoms with Gasteiger partial charge in [-0.1, -0.05) is 30.3 Å². The van der Waals surface area contributed by atoms with Gasteiger partial charge in [-0.3, -0.25) is 0 Å². The summed E-state index contributed by atoms with van der Waals surface area (Å²) >= 11 is 0. The van der Waals surface area contributed by atoms with E-state index in [2.05, 4.69) is 27.0 Å². The largest absolute Gasteiger partial charge is 0.508 e. The van der Waals surface area contributed by atoms with E-state index in [4.69, 9.17) is 0 Å². The number of hydrogen-bond donors (Lipinski definition) is 1. The monoisotopic (exact) mass is 291 g/mol. The summed E-state index contributed by atoms with van der Waals surface area (Å²) in [6.07, 6.45) is 5.60. The van der Waals surface area contributed by atoms with Crippen molar-refractivity contribution in [2.45, 2.75) is 18.9 Å². The molecule has 3 aromatic rings. The van der Waals surface area contributed by atoms with Gasteiger partial charge < -0.3 is 10.0 Å². The molecule has 1 saturated heterocycles. The first kappa shape index (κ1) is 13.1. The SMILES string of the molecule is Oc1ccc2ccccc2c1C1CCCN1c1ncccn1. The van der Waals surface area contributed by atoms with Crippen LogP contribution in [-0.2, 0) is 0 Å². The molecule has 2 aromatic carbocycles. The van der Waals surface area contributed by atoms with Gasteiger partial charge in [0.25, 0.3) is 0 Å². The molecule has 0 bridgehead atoms. The van der Waals surface area contributed by atoms with Crippen molar-refractivity contribution in [2.24, 2.45) is 0 Å². The number of aromatic nitrogens is 2. The Kier molecular flexibility index (Phi) is 3.15. The maximum atomic E-state index is 10.5. The van der Waals surface area contributed by atoms with Crippen molar-refractivity contribution >= 4 is 16.7 Å². The third-order valence-corrected chi connectivity index (χ3v) is 4.34. The number of phenols is 1. The van der Waals surface area contributed by atoms with Crippen LogP contribution in [0, 0.1) is 0 Å². The number of fused-ring (bicyclic) bond motifs is 1. The highest BCUT2D eigenvalue weighted by Gasteiger charge is 2.30. The van der Waals surface area contributed by atoms with E-state index in [9.17, 15) is 5.11 Å². The molecule has 1 aliphatic rings. The highest BCUT2D eigenvalue weighted by molar-refractivity contribution is 5.88. The lowest BCUT2D eigenvalue weighted by Crippen LogP contribution is -2.24. The second-order valence-electron chi connectivity index (χ2n) is 5.62. The molecule has 4 nitrogen and oxygen atoms in total. The number of phenolic OH excluding ortho intramolecular Hbond substituents is 1. The highest BCUT2D eigenvalue weighted by atomic mass is 16.3. The Balaban J connectivity index is 1.86. The second-order valence-corrected chi connectivity index (χ2v) is 5.62. The third-order valence-electron chi connectivity index (χ3n) is 4.34. The van der Waals surface area contributed by atoms with Crippen LogP contribution in [0.2, 0.25) is 0 Å². The van der Waals surface area contributed by atoms with Gasteiger partial charge in [0.05, 0.1) is 6.04 Å². The normalized spacial score (nSPS) is 18.0. The summed E-state index contributed by atoms with van der Waals surface area (Å²) in [4.78, 5) is 11.0. The fraction of sp³-hybridized carbons (Fsp3) is 0.222. The van der Waals surface area contributed by atoms with Gasteiger partial charge in [-0.05, 0) is 35.7 Å². The molecular weight excluding hydrogens is 274 g/mol. The number of aromatic hydroxyl groups is 1. The summed E-state index contributed by atoms with van der Waals surface area (Å²) < 4.78 is 0. The first-order valence-corrected chi connectivity index (χ1v) is 7.59. The topological polar surface area (TPSA) is 49.2 Å². The van der Waals surface area contributed by atoms with Crippen molar-refractivity contribution in [3.05, 3.63) is 60.4 Å². The molecule has 1 N–H and O–H groups in total. The molecule has 0 amide bonds. The molecule has 0 radical (unpaired) electrons. The molecule has 0 saturated carbocycles. The van der Waals surface area contributed by atoms with Gasteiger partial charge in [0.1, 0.15) is 5.75 Å². The Morgan fingerprint density at radius 1 is 1.00 bits per heavy atom. The Morgan fingerprint density at radius 2 is 1.82 bits per heavy atom. The molecular formula is C18H17N3O. The lowest BCUT2D eigenvalue weighted by atomic mass is 9.96. The maximum Gasteiger partial charge on any atom is 0.225 e. The van der Waals surface area contributed by atoms with Gasteiger partial charge in [-0.2, -0.15) is 0 Å². The van der Waals surface area contributed by atoms with Crippen LogP contribution < -0.4 is 4.90 Å². The number of rotatable bonds is 2. The molecule has 2 heterocycles. The van der Waals surface area contributed by atoms with Gasteiger partial charge in [0, 0.05) is 24.5 Å². The maximum absolute atomic E-state index is 10.5. The minimum Gasteiger partial charge on any atom is -0.508 e. The summed E-state index contributed by atoms with van der Waals surface area (Å²) in [6.45, 7) is 0.914. The molecule has 4 heteroatoms. The molecule has 0 spiro atoms. The predicted octanol–water partition coefficient (Wildman–Crippen LogP) is 3.68. The average molecular weight is 291 g/mol. The van der Waals surface area contributed by atoms with E-state index in [1.807, 2.05) is 24.3 Å². The van der Waals surface area contributed by atoms with Crippen LogP contribution in [0.1, 0.15) is 24.4 Å². The van der Waals surface area contributed by atoms with Crippen LogP contribution in [0.5, 0.6) is 5.75 Å². The second kappa shape index (κ2) is 5.30. The molecule has 1 aromatic heterocycles. The fourth-order valence-electron chi connectivity index (χ4n) is 3.38. The minimum absolute atomic E-state index is 0.119. The van der Waals surface area contributed by atoms with Crippen molar-refractivity contribution in [1.82, 2.24) is 9.97 Å². The van der Waals surface area contributed by atoms with E-state index >= 15 is 0 Å². The number of benzene rings is 2. The molecule has 0 aliphatic carbocycles. The van der Waals surface area contributed by atoms with Crippen LogP contribution in [0.15, 0.2) is 54.9 Å². The van der Waals surface area contributed by atoms with E-state index in [1.165, 1.54) is 0 Å². The lowest BCUT2D eigenvalue weighted by molar-refractivity contribution is 0.462. The number of anilines is 1. The lowest BCUT2D eigenvalue weighted by Gasteiger charge is -2.26. The minimum atomic E-state index is 0.119. The van der Waals surface area contributed by atoms with E-state index in [0.717, 1.165) is 41.7 Å². The number of hydrogen-bond acceptors (Lipinski definition) is 4. The molecule has 1 atom stereocenters. The van der Waals surface area contributed by atoms with Crippen molar-refractivity contribution in [3.63, 3.8) is 0 Å². The van der Waals surface area contributed by atoms with E-state index in [0.29, 0.717) is 5.75 Å². The van der Waals surface area contributed by atoms with E-state index in [1.54, 1.807) is 18.5 Å². The summed E-state index contributed by atoms with van der Waals surface area (Å²) in [5.74, 6) is 1.09. The van der Waals surface area contributed by atoms with Crippen LogP contribution in [0.3, 0.4) is 0 Å². The van der Waals surface area contributed by atoms with Crippen molar-refractivity contribution in [3.8, 4) is 5.75 Å². The zero-order chi connectivity index (χ0) is 14.9. The standard InChI is InChI=1S/C18H17N3O/c22-16-9-8-13-5-1-2-6-14(13)17(16)15-7-3-12-21(15)18-19-10-4-11-20-18/h1-2,4-6,8-11,15,22H,3,7,12H2. The summed E-state index contributed by atoms with van der Waals surface area (Å²) in [5, 5.41) is 12.7. The summed E-state index contributed by atoms with van der Waals surface area (Å²) in [6, 6.07) is 13.9. The quantitative estimate of drug-likeness (QED) is 0.782. The zero-order valence-electron chi connectivity index (χ0n) is 12.2. The summed E-state index contributed by atoms with van der Waals surface area (Å²) in [7, 11) is 0. The Labute approximate surface area is 129 Å². The Morgan fingerprint density at radius 3 is 2.68 bits per heavy atom. The zero-order valence-corrected chi connectivity index (χ0v) is 12.2. The van der Waals surface area contributed by atoms with Crippen LogP contribution in [0.4, 0.5) is 5.95 Å². The van der Waals surface area contributed by atoms with Gasteiger partial charge >= 0.3 is 0 Å². The van der Waals surface area contributed by atoms with E-state index < -0.39 is 0 Å². The van der Waals surface area contributed by atoms with Crippen LogP contribution >= 0.6 is 0 Å². The van der Waals surface area contributed by atoms with Crippen molar-refractivity contribution < 1.29 is 5.11 Å². The number of nitrogens with zero attached hydrogens (tertiary/aromatic N) is 3. The third kappa shape index (κ3) is 2.08. The van der Waals surface area contributed by atoms with Crippen LogP contribution in [0.25, 0.3) is 10.8 Å². The molecule has 1 unspecified atom stereocenters. The van der Waals surface area contributed by atoms with Gasteiger partial charge in [-0.25, -0.2) is 9.97 Å². The fourth-order valence-corrected chi connectivity index (χ4v) is 3.38. The molecule has 22 heavy (non-hydrogen) atoms. The van der Waals surface area contributed by atoms with Crippen molar-refractivity contribution in [1.29, 1.82) is 0 Å². The van der Waals surface area contributed by atoms with E-state index in [-0.39, 0.29) is 6.04 Å². The van der Waals surface area contributed by atoms with Gasteiger partial charge in [-0.15, -0.1) is 0 Å². The first-order chi connectivity index (χ1) is 10.8. The van der Waals surface area contributed by atoms with Crippen molar-refractivity contribution in [2.75, 3.05) is 11.4 Å². The highest BCUT2D eigenvalue weighted by Crippen LogP contribution is 2.41. The van der Waals surface area contributed by atoms with Gasteiger partial charge in [0.15, 0.2) is 0 Å². The predicted molar refractivity (Wildman–Crippen MR) is 87.0 cm³/mol. The summed E-state index contributed by atoms with van der Waals surface area (Å²) in [5.41, 5.74) is 0.989. The average Bonchev–Trinajstić information content (AvgIpc) is 3.05. The molecule has 1 aliphatic heterocycles. The molecule has 1 fully saturated rings. The van der Waals surface area contributed by atoms with Gasteiger partial charge in [0.2, 0.25) is 5.95 Å².